The van der Waals surface area contributed by atoms with Crippen LogP contribution in [0.15, 0.2) is 17.0 Å². The standard InChI is InChI=1S/C9H12FN3O4S/c1-2-3-12-8-5-6(13(14)15)4-7(10)9(8)18(11,16)17/h4-5,12H,2-3H2,1H3,(H2,11,16,17). The van der Waals surface area contributed by atoms with Gasteiger partial charge in [-0.25, -0.2) is 17.9 Å². The number of benzene rings is 1. The van der Waals surface area contributed by atoms with Crippen LogP contribution in [-0.4, -0.2) is 19.9 Å². The summed E-state index contributed by atoms with van der Waals surface area (Å²) in [7, 11) is -4.30. The molecule has 100 valence electrons. The van der Waals surface area contributed by atoms with E-state index < -0.39 is 31.3 Å². The third-order valence-electron chi connectivity index (χ3n) is 2.09. The molecule has 0 spiro atoms. The summed E-state index contributed by atoms with van der Waals surface area (Å²) in [4.78, 5) is 9.00. The Morgan fingerprint density at radius 2 is 2.11 bits per heavy atom. The number of anilines is 1. The Kier molecular flexibility index (Phi) is 4.19. The smallest absolute Gasteiger partial charge is 0.274 e. The van der Waals surface area contributed by atoms with Crippen LogP contribution in [0.1, 0.15) is 13.3 Å². The van der Waals surface area contributed by atoms with Crippen LogP contribution < -0.4 is 10.5 Å². The van der Waals surface area contributed by atoms with E-state index in [4.69, 9.17) is 5.14 Å². The Balaban J connectivity index is 3.45. The Bertz CT molecular complexity index is 573. The summed E-state index contributed by atoms with van der Waals surface area (Å²) in [6.45, 7) is 2.14. The lowest BCUT2D eigenvalue weighted by Crippen LogP contribution is -2.17. The Hall–Kier alpha value is -1.74. The molecule has 0 saturated carbocycles. The molecule has 7 nitrogen and oxygen atoms in total. The molecule has 0 aliphatic heterocycles. The van der Waals surface area contributed by atoms with Crippen molar-refractivity contribution in [1.29, 1.82) is 0 Å². The predicted octanol–water partition coefficient (Wildman–Crippen LogP) is 1.20. The second-order valence-electron chi connectivity index (χ2n) is 3.53. The number of nitro benzene ring substituents is 1. The molecule has 18 heavy (non-hydrogen) atoms. The van der Waals surface area contributed by atoms with Crippen LogP contribution in [0, 0.1) is 15.9 Å². The maximum absolute atomic E-state index is 13.6. The Morgan fingerprint density at radius 3 is 2.56 bits per heavy atom. The molecule has 0 fully saturated rings. The zero-order valence-corrected chi connectivity index (χ0v) is 10.3. The first kappa shape index (κ1) is 14.3. The van der Waals surface area contributed by atoms with Crippen molar-refractivity contribution >= 4 is 21.4 Å². The van der Waals surface area contributed by atoms with Gasteiger partial charge in [-0.05, 0) is 6.42 Å². The van der Waals surface area contributed by atoms with E-state index >= 15 is 0 Å². The van der Waals surface area contributed by atoms with Crippen molar-refractivity contribution in [3.05, 3.63) is 28.1 Å². The highest BCUT2D eigenvalue weighted by molar-refractivity contribution is 7.89. The molecule has 1 rings (SSSR count). The van der Waals surface area contributed by atoms with Crippen molar-refractivity contribution in [2.75, 3.05) is 11.9 Å². The lowest BCUT2D eigenvalue weighted by molar-refractivity contribution is -0.385. The molecule has 9 heteroatoms. The number of sulfonamides is 1. The number of primary sulfonamides is 1. The molecule has 0 amide bonds. The number of nitro groups is 1. The summed E-state index contributed by atoms with van der Waals surface area (Å²) in [5.74, 6) is -1.25. The van der Waals surface area contributed by atoms with Crippen molar-refractivity contribution in [3.63, 3.8) is 0 Å². The first-order chi connectivity index (χ1) is 8.27. The molecule has 1 aromatic rings. The molecule has 3 N–H and O–H groups in total. The quantitative estimate of drug-likeness (QED) is 0.619. The van der Waals surface area contributed by atoms with Crippen LogP contribution in [0.4, 0.5) is 15.8 Å². The summed E-state index contributed by atoms with van der Waals surface area (Å²) in [5.41, 5.74) is -0.746. The van der Waals surface area contributed by atoms with Gasteiger partial charge in [-0.15, -0.1) is 0 Å². The number of halogens is 1. The van der Waals surface area contributed by atoms with Gasteiger partial charge in [0.05, 0.1) is 16.7 Å². The molecule has 0 radical (unpaired) electrons. The van der Waals surface area contributed by atoms with Gasteiger partial charge in [0.2, 0.25) is 10.0 Å². The average Bonchev–Trinajstić information content (AvgIpc) is 2.23. The molecule has 0 aliphatic carbocycles. The van der Waals surface area contributed by atoms with Crippen LogP contribution in [0.25, 0.3) is 0 Å². The van der Waals surface area contributed by atoms with E-state index in [-0.39, 0.29) is 5.69 Å². The fraction of sp³-hybridized carbons (Fsp3) is 0.333. The second kappa shape index (κ2) is 5.27. The van der Waals surface area contributed by atoms with E-state index in [1.54, 1.807) is 6.92 Å². The molecule has 0 atom stereocenters. The van der Waals surface area contributed by atoms with E-state index in [0.717, 1.165) is 6.07 Å². The SMILES string of the molecule is CCCNc1cc([N+](=O)[O-])cc(F)c1S(N)(=O)=O. The monoisotopic (exact) mass is 277 g/mol. The van der Waals surface area contributed by atoms with Crippen molar-refractivity contribution < 1.29 is 17.7 Å². The highest BCUT2D eigenvalue weighted by Gasteiger charge is 2.23. The van der Waals surface area contributed by atoms with Gasteiger partial charge in [0, 0.05) is 12.6 Å². The molecule has 0 bridgehead atoms. The molecule has 0 heterocycles. The first-order valence-corrected chi connectivity index (χ1v) is 6.56. The van der Waals surface area contributed by atoms with Gasteiger partial charge < -0.3 is 5.32 Å². The van der Waals surface area contributed by atoms with E-state index in [1.807, 2.05) is 0 Å². The maximum Gasteiger partial charge on any atom is 0.274 e. The summed E-state index contributed by atoms with van der Waals surface area (Å²) in [5, 5.41) is 18.1. The van der Waals surface area contributed by atoms with E-state index in [2.05, 4.69) is 5.32 Å². The largest absolute Gasteiger partial charge is 0.384 e. The van der Waals surface area contributed by atoms with Crippen LogP contribution in [0.3, 0.4) is 0 Å². The molecular weight excluding hydrogens is 265 g/mol. The van der Waals surface area contributed by atoms with Crippen molar-refractivity contribution in [1.82, 2.24) is 0 Å². The number of non-ortho nitro benzene ring substituents is 1. The van der Waals surface area contributed by atoms with Crippen LogP contribution in [0.2, 0.25) is 0 Å². The van der Waals surface area contributed by atoms with Gasteiger partial charge >= 0.3 is 0 Å². The zero-order chi connectivity index (χ0) is 13.9. The van der Waals surface area contributed by atoms with E-state index in [0.29, 0.717) is 19.0 Å². The van der Waals surface area contributed by atoms with Crippen molar-refractivity contribution in [2.24, 2.45) is 5.14 Å². The lowest BCUT2D eigenvalue weighted by atomic mass is 10.2. The number of nitrogens with two attached hydrogens (primary N) is 1. The van der Waals surface area contributed by atoms with Gasteiger partial charge in [-0.1, -0.05) is 6.92 Å². The third kappa shape index (κ3) is 3.14. The average molecular weight is 277 g/mol. The van der Waals surface area contributed by atoms with E-state index in [1.165, 1.54) is 0 Å². The number of rotatable bonds is 5. The number of hydrogen-bond donors (Lipinski definition) is 2. The molecular formula is C9H12FN3O4S. The Labute approximate surface area is 103 Å². The second-order valence-corrected chi connectivity index (χ2v) is 5.03. The highest BCUT2D eigenvalue weighted by atomic mass is 32.2. The molecule has 0 aliphatic rings. The summed E-state index contributed by atoms with van der Waals surface area (Å²) < 4.78 is 36.1. The normalized spacial score (nSPS) is 11.3. The van der Waals surface area contributed by atoms with Gasteiger partial charge in [-0.2, -0.15) is 0 Å². The van der Waals surface area contributed by atoms with Gasteiger partial charge in [0.15, 0.2) is 5.82 Å². The molecule has 1 aromatic carbocycles. The van der Waals surface area contributed by atoms with Crippen molar-refractivity contribution in [3.8, 4) is 0 Å². The lowest BCUT2D eigenvalue weighted by Gasteiger charge is -2.10. The zero-order valence-electron chi connectivity index (χ0n) is 9.51. The van der Waals surface area contributed by atoms with Gasteiger partial charge in [-0.3, -0.25) is 10.1 Å². The molecule has 0 aromatic heterocycles. The van der Waals surface area contributed by atoms with Gasteiger partial charge in [0.1, 0.15) is 4.90 Å². The Morgan fingerprint density at radius 1 is 1.50 bits per heavy atom. The number of nitrogens with one attached hydrogen (secondary N) is 1. The highest BCUT2D eigenvalue weighted by Crippen LogP contribution is 2.28. The van der Waals surface area contributed by atoms with Crippen LogP contribution in [-0.2, 0) is 10.0 Å². The maximum atomic E-state index is 13.6. The minimum absolute atomic E-state index is 0.203. The van der Waals surface area contributed by atoms with Crippen LogP contribution in [0.5, 0.6) is 0 Å². The van der Waals surface area contributed by atoms with Gasteiger partial charge in [0.25, 0.3) is 5.69 Å². The fourth-order valence-corrected chi connectivity index (χ4v) is 2.13. The molecule has 0 unspecified atom stereocenters. The first-order valence-electron chi connectivity index (χ1n) is 5.02. The molecule has 0 saturated heterocycles. The summed E-state index contributed by atoms with van der Waals surface area (Å²) in [6.07, 6.45) is 0.633. The summed E-state index contributed by atoms with van der Waals surface area (Å²) in [6, 6.07) is 1.47. The minimum Gasteiger partial charge on any atom is -0.384 e. The topological polar surface area (TPSA) is 115 Å². The predicted molar refractivity (Wildman–Crippen MR) is 63.2 cm³/mol. The number of nitrogens with zero attached hydrogens (tertiary/aromatic N) is 1. The third-order valence-corrected chi connectivity index (χ3v) is 3.07. The minimum atomic E-state index is -4.30. The van der Waals surface area contributed by atoms with Crippen LogP contribution >= 0.6 is 0 Å². The van der Waals surface area contributed by atoms with E-state index in [9.17, 15) is 22.9 Å². The number of hydrogen-bond acceptors (Lipinski definition) is 5. The summed E-state index contributed by atoms with van der Waals surface area (Å²) >= 11 is 0. The fourth-order valence-electron chi connectivity index (χ4n) is 1.36. The van der Waals surface area contributed by atoms with Crippen molar-refractivity contribution in [2.45, 2.75) is 18.2 Å².